The van der Waals surface area contributed by atoms with Gasteiger partial charge in [0, 0.05) is 0 Å². The van der Waals surface area contributed by atoms with E-state index in [0.717, 1.165) is 11.1 Å². The third kappa shape index (κ3) is 3.62. The number of rotatable bonds is 5. The molecule has 0 aliphatic rings. The van der Waals surface area contributed by atoms with Crippen molar-refractivity contribution in [1.29, 1.82) is 0 Å². The normalized spacial score (nSPS) is 13.2. The smallest absolute Gasteiger partial charge is 0.337 e. The molecule has 22 heavy (non-hydrogen) atoms. The molecule has 0 aliphatic heterocycles. The number of benzene rings is 2. The van der Waals surface area contributed by atoms with E-state index in [1.165, 1.54) is 0 Å². The number of ether oxygens (including phenoxy) is 1. The SMILES string of the molecule is CCOC(=O)/C(=C(/C)c1ccccc1)C(O)c1ccccc1. The van der Waals surface area contributed by atoms with Crippen LogP contribution in [0.1, 0.15) is 31.1 Å². The zero-order chi connectivity index (χ0) is 15.9. The number of hydrogen-bond acceptors (Lipinski definition) is 3. The van der Waals surface area contributed by atoms with Gasteiger partial charge in [0.05, 0.1) is 12.2 Å². The zero-order valence-corrected chi connectivity index (χ0v) is 12.8. The lowest BCUT2D eigenvalue weighted by atomic mass is 9.93. The lowest BCUT2D eigenvalue weighted by molar-refractivity contribution is -0.139. The first-order chi connectivity index (χ1) is 10.6. The van der Waals surface area contributed by atoms with E-state index in [1.54, 1.807) is 19.1 Å². The molecule has 2 aromatic rings. The number of hydrogen-bond donors (Lipinski definition) is 1. The Morgan fingerprint density at radius 1 is 1.05 bits per heavy atom. The van der Waals surface area contributed by atoms with Crippen LogP contribution < -0.4 is 0 Å². The van der Waals surface area contributed by atoms with E-state index in [4.69, 9.17) is 4.74 Å². The number of aliphatic hydroxyl groups is 1. The molecular formula is C19H20O3. The van der Waals surface area contributed by atoms with Crippen molar-refractivity contribution in [2.45, 2.75) is 20.0 Å². The Kier molecular flexibility index (Phi) is 5.50. The van der Waals surface area contributed by atoms with E-state index in [9.17, 15) is 9.90 Å². The van der Waals surface area contributed by atoms with Gasteiger partial charge in [-0.15, -0.1) is 0 Å². The Balaban J connectivity index is 2.50. The van der Waals surface area contributed by atoms with Crippen molar-refractivity contribution in [2.75, 3.05) is 6.61 Å². The van der Waals surface area contributed by atoms with E-state index in [2.05, 4.69) is 0 Å². The number of aliphatic hydroxyl groups excluding tert-OH is 1. The summed E-state index contributed by atoms with van der Waals surface area (Å²) in [5.74, 6) is -0.486. The Labute approximate surface area is 130 Å². The second-order valence-electron chi connectivity index (χ2n) is 4.94. The summed E-state index contributed by atoms with van der Waals surface area (Å²) < 4.78 is 5.13. The van der Waals surface area contributed by atoms with Gasteiger partial charge in [0.15, 0.2) is 0 Å². The minimum atomic E-state index is -1.01. The highest BCUT2D eigenvalue weighted by molar-refractivity contribution is 5.98. The first kappa shape index (κ1) is 16.0. The third-order valence-electron chi connectivity index (χ3n) is 3.49. The fraction of sp³-hybridized carbons (Fsp3) is 0.211. The van der Waals surface area contributed by atoms with Gasteiger partial charge in [-0.1, -0.05) is 60.7 Å². The first-order valence-corrected chi connectivity index (χ1v) is 7.31. The van der Waals surface area contributed by atoms with Gasteiger partial charge in [0.25, 0.3) is 0 Å². The summed E-state index contributed by atoms with van der Waals surface area (Å²) in [6, 6.07) is 18.6. The number of esters is 1. The average molecular weight is 296 g/mol. The summed E-state index contributed by atoms with van der Waals surface area (Å²) in [5.41, 5.74) is 2.55. The van der Waals surface area contributed by atoms with Gasteiger partial charge in [-0.05, 0) is 30.5 Å². The highest BCUT2D eigenvalue weighted by Crippen LogP contribution is 2.29. The highest BCUT2D eigenvalue weighted by Gasteiger charge is 2.24. The maximum absolute atomic E-state index is 12.3. The monoisotopic (exact) mass is 296 g/mol. The van der Waals surface area contributed by atoms with E-state index in [0.29, 0.717) is 5.56 Å². The maximum Gasteiger partial charge on any atom is 0.337 e. The minimum absolute atomic E-state index is 0.270. The molecule has 0 bridgehead atoms. The summed E-state index contributed by atoms with van der Waals surface area (Å²) in [6.07, 6.45) is -1.01. The Hall–Kier alpha value is -2.39. The van der Waals surface area contributed by atoms with E-state index < -0.39 is 12.1 Å². The molecular weight excluding hydrogens is 276 g/mol. The van der Waals surface area contributed by atoms with Crippen LogP contribution in [0.4, 0.5) is 0 Å². The number of carbonyl (C=O) groups excluding carboxylic acids is 1. The molecule has 1 N–H and O–H groups in total. The fourth-order valence-electron chi connectivity index (χ4n) is 2.32. The van der Waals surface area contributed by atoms with Crippen molar-refractivity contribution >= 4 is 11.5 Å². The molecule has 0 aromatic heterocycles. The van der Waals surface area contributed by atoms with Crippen molar-refractivity contribution in [3.05, 3.63) is 77.4 Å². The van der Waals surface area contributed by atoms with Crippen LogP contribution in [-0.2, 0) is 9.53 Å². The largest absolute Gasteiger partial charge is 0.463 e. The van der Waals surface area contributed by atoms with Crippen LogP contribution in [0.5, 0.6) is 0 Å². The Morgan fingerprint density at radius 2 is 1.59 bits per heavy atom. The van der Waals surface area contributed by atoms with Crippen LogP contribution in [0.3, 0.4) is 0 Å². The molecule has 0 aliphatic carbocycles. The van der Waals surface area contributed by atoms with Gasteiger partial charge in [0.2, 0.25) is 0 Å². The molecule has 0 heterocycles. The standard InChI is InChI=1S/C19H20O3/c1-3-22-19(21)17(14(2)15-10-6-4-7-11-15)18(20)16-12-8-5-9-13-16/h4-13,18,20H,3H2,1-2H3/b17-14-. The van der Waals surface area contributed by atoms with Crippen LogP contribution in [0.2, 0.25) is 0 Å². The molecule has 2 rings (SSSR count). The zero-order valence-electron chi connectivity index (χ0n) is 12.8. The molecule has 0 spiro atoms. The van der Waals surface area contributed by atoms with E-state index in [-0.39, 0.29) is 12.2 Å². The third-order valence-corrected chi connectivity index (χ3v) is 3.49. The quantitative estimate of drug-likeness (QED) is 0.675. The fourth-order valence-corrected chi connectivity index (χ4v) is 2.32. The van der Waals surface area contributed by atoms with E-state index >= 15 is 0 Å². The Morgan fingerprint density at radius 3 is 2.14 bits per heavy atom. The van der Waals surface area contributed by atoms with Gasteiger partial charge in [0.1, 0.15) is 6.10 Å². The lowest BCUT2D eigenvalue weighted by Gasteiger charge is -2.18. The van der Waals surface area contributed by atoms with Gasteiger partial charge in [-0.25, -0.2) is 4.79 Å². The summed E-state index contributed by atoms with van der Waals surface area (Å²) in [5, 5.41) is 10.7. The number of carbonyl (C=O) groups is 1. The molecule has 114 valence electrons. The molecule has 0 fully saturated rings. The second-order valence-corrected chi connectivity index (χ2v) is 4.94. The molecule has 0 saturated heterocycles. The average Bonchev–Trinajstić information content (AvgIpc) is 2.56. The molecule has 1 atom stereocenters. The highest BCUT2D eigenvalue weighted by atomic mass is 16.5. The molecule has 0 amide bonds. The van der Waals surface area contributed by atoms with Gasteiger partial charge < -0.3 is 9.84 Å². The van der Waals surface area contributed by atoms with Crippen molar-refractivity contribution < 1.29 is 14.6 Å². The topological polar surface area (TPSA) is 46.5 Å². The van der Waals surface area contributed by atoms with Crippen LogP contribution >= 0.6 is 0 Å². The summed E-state index contributed by atoms with van der Waals surface area (Å²) in [7, 11) is 0. The second kappa shape index (κ2) is 7.57. The molecule has 1 unspecified atom stereocenters. The predicted octanol–water partition coefficient (Wildman–Crippen LogP) is 3.76. The van der Waals surface area contributed by atoms with Crippen LogP contribution in [0.25, 0.3) is 5.57 Å². The van der Waals surface area contributed by atoms with Gasteiger partial charge >= 0.3 is 5.97 Å². The van der Waals surface area contributed by atoms with Crippen LogP contribution in [0, 0.1) is 0 Å². The van der Waals surface area contributed by atoms with Gasteiger partial charge in [-0.3, -0.25) is 0 Å². The first-order valence-electron chi connectivity index (χ1n) is 7.31. The lowest BCUT2D eigenvalue weighted by Crippen LogP contribution is -2.16. The molecule has 3 nitrogen and oxygen atoms in total. The summed E-state index contributed by atoms with van der Waals surface area (Å²) in [4.78, 5) is 12.3. The summed E-state index contributed by atoms with van der Waals surface area (Å²) in [6.45, 7) is 3.85. The number of allylic oxidation sites excluding steroid dienone is 1. The van der Waals surface area contributed by atoms with Crippen molar-refractivity contribution in [3.63, 3.8) is 0 Å². The molecule has 2 aromatic carbocycles. The maximum atomic E-state index is 12.3. The van der Waals surface area contributed by atoms with Crippen molar-refractivity contribution in [2.24, 2.45) is 0 Å². The van der Waals surface area contributed by atoms with E-state index in [1.807, 2.05) is 55.5 Å². The van der Waals surface area contributed by atoms with Crippen molar-refractivity contribution in [3.8, 4) is 0 Å². The molecule has 0 radical (unpaired) electrons. The summed E-state index contributed by atoms with van der Waals surface area (Å²) >= 11 is 0. The predicted molar refractivity (Wildman–Crippen MR) is 87.1 cm³/mol. The molecule has 3 heteroatoms. The van der Waals surface area contributed by atoms with Gasteiger partial charge in [-0.2, -0.15) is 0 Å². The molecule has 0 saturated carbocycles. The van der Waals surface area contributed by atoms with Crippen LogP contribution in [0.15, 0.2) is 66.2 Å². The Bertz CT molecular complexity index is 645. The van der Waals surface area contributed by atoms with Crippen molar-refractivity contribution in [1.82, 2.24) is 0 Å². The minimum Gasteiger partial charge on any atom is -0.463 e. The van der Waals surface area contributed by atoms with Crippen LogP contribution in [-0.4, -0.2) is 17.7 Å².